The molecule has 1 spiro atoms. The molecule has 4 heterocycles. The van der Waals surface area contributed by atoms with Gasteiger partial charge in [0, 0.05) is 36.2 Å². The summed E-state index contributed by atoms with van der Waals surface area (Å²) in [6, 6.07) is 7.44. The number of pyridine rings is 1. The average molecular weight is 572 g/mol. The fourth-order valence-corrected chi connectivity index (χ4v) is 6.78. The molecule has 2 fully saturated rings. The van der Waals surface area contributed by atoms with Crippen LogP contribution in [0.1, 0.15) is 41.0 Å². The van der Waals surface area contributed by atoms with Gasteiger partial charge in [0.15, 0.2) is 0 Å². The Balaban J connectivity index is 1.18. The molecule has 2 amide bonds. The van der Waals surface area contributed by atoms with Gasteiger partial charge in [-0.2, -0.15) is 0 Å². The molecular formula is C28H28Cl2FN5O3. The van der Waals surface area contributed by atoms with E-state index < -0.39 is 11.4 Å². The van der Waals surface area contributed by atoms with Crippen molar-refractivity contribution in [3.8, 4) is 0 Å². The number of nitrogens with zero attached hydrogens (tertiary/aromatic N) is 3. The Bertz CT molecular complexity index is 1590. The molecule has 204 valence electrons. The number of halogens is 3. The second-order valence-corrected chi connectivity index (χ2v) is 11.7. The molecule has 39 heavy (non-hydrogen) atoms. The molecule has 1 aromatic heterocycles. The zero-order chi connectivity index (χ0) is 27.6. The van der Waals surface area contributed by atoms with Crippen LogP contribution in [0, 0.1) is 5.82 Å². The van der Waals surface area contributed by atoms with Crippen LogP contribution < -0.4 is 10.9 Å². The number of aromatic amines is 1. The van der Waals surface area contributed by atoms with E-state index in [1.54, 1.807) is 21.9 Å². The lowest BCUT2D eigenvalue weighted by molar-refractivity contribution is -0.131. The van der Waals surface area contributed by atoms with E-state index >= 15 is 0 Å². The molecule has 3 aliphatic rings. The van der Waals surface area contributed by atoms with Gasteiger partial charge in [0.25, 0.3) is 11.5 Å². The van der Waals surface area contributed by atoms with Crippen molar-refractivity contribution in [1.82, 2.24) is 19.7 Å². The number of hydrogen-bond acceptors (Lipinski definition) is 5. The quantitative estimate of drug-likeness (QED) is 0.493. The van der Waals surface area contributed by atoms with Crippen LogP contribution in [0.25, 0.3) is 10.8 Å². The average Bonchev–Trinajstić information content (AvgIpc) is 2.85. The zero-order valence-electron chi connectivity index (χ0n) is 21.6. The van der Waals surface area contributed by atoms with Crippen molar-refractivity contribution in [2.24, 2.45) is 0 Å². The monoisotopic (exact) mass is 571 g/mol. The fourth-order valence-electron chi connectivity index (χ4n) is 6.08. The zero-order valence-corrected chi connectivity index (χ0v) is 23.1. The molecule has 11 heteroatoms. The predicted molar refractivity (Wildman–Crippen MR) is 149 cm³/mol. The number of likely N-dealkylation sites (N-methyl/N-ethyl adjacent to an activating group) is 1. The van der Waals surface area contributed by atoms with E-state index in [2.05, 4.69) is 15.2 Å². The number of carbonyl (C=O) groups is 2. The van der Waals surface area contributed by atoms with Gasteiger partial charge in [-0.15, -0.1) is 0 Å². The molecule has 1 atom stereocenters. The SMILES string of the molecule is CC1c2c(Cl)cc(Cl)cc2CCN1C(=O)CNc1cc2cc(C(=O)N3CC4(CCN4C)C3)[nH]c(=O)c2cc1F. The Hall–Kier alpha value is -3.14. The summed E-state index contributed by atoms with van der Waals surface area (Å²) in [6.07, 6.45) is 1.67. The smallest absolute Gasteiger partial charge is 0.270 e. The Kier molecular flexibility index (Phi) is 6.36. The van der Waals surface area contributed by atoms with Gasteiger partial charge < -0.3 is 20.1 Å². The van der Waals surface area contributed by atoms with Crippen molar-refractivity contribution in [2.75, 3.05) is 45.1 Å². The standard InChI is InChI=1S/C28H28Cl2FN5O3/c1-15-25-16(7-18(29)10-20(25)30)3-5-36(15)24(37)12-32-22-8-17-9-23(33-26(38)19(17)11-21(22)31)27(39)35-13-28(14-35)4-6-34(28)2/h7-11,15,32H,3-6,12-14H2,1-2H3,(H,33,38). The predicted octanol–water partition coefficient (Wildman–Crippen LogP) is 4.06. The van der Waals surface area contributed by atoms with Gasteiger partial charge in [-0.1, -0.05) is 23.2 Å². The maximum Gasteiger partial charge on any atom is 0.270 e. The molecule has 6 rings (SSSR count). The number of carbonyl (C=O) groups excluding carboxylic acids is 2. The van der Waals surface area contributed by atoms with Gasteiger partial charge in [-0.05, 0) is 73.7 Å². The van der Waals surface area contributed by atoms with Gasteiger partial charge in [-0.25, -0.2) is 4.39 Å². The summed E-state index contributed by atoms with van der Waals surface area (Å²) in [5, 5.41) is 4.50. The van der Waals surface area contributed by atoms with Crippen molar-refractivity contribution in [3.05, 3.63) is 73.4 Å². The lowest BCUT2D eigenvalue weighted by atomic mass is 9.78. The number of benzene rings is 2. The van der Waals surface area contributed by atoms with Gasteiger partial charge in [0.2, 0.25) is 5.91 Å². The summed E-state index contributed by atoms with van der Waals surface area (Å²) >= 11 is 12.6. The van der Waals surface area contributed by atoms with Crippen LogP contribution in [0.2, 0.25) is 10.0 Å². The van der Waals surface area contributed by atoms with Gasteiger partial charge in [-0.3, -0.25) is 19.3 Å². The summed E-state index contributed by atoms with van der Waals surface area (Å²) < 4.78 is 14.9. The number of aromatic nitrogens is 1. The number of amides is 2. The summed E-state index contributed by atoms with van der Waals surface area (Å²) in [6.45, 7) is 4.51. The lowest BCUT2D eigenvalue weighted by Gasteiger charge is -2.61. The molecule has 3 aliphatic heterocycles. The maximum atomic E-state index is 14.9. The third kappa shape index (κ3) is 4.37. The fraction of sp³-hybridized carbons (Fsp3) is 0.393. The minimum atomic E-state index is -0.660. The number of H-pyrrole nitrogens is 1. The summed E-state index contributed by atoms with van der Waals surface area (Å²) in [5.74, 6) is -1.13. The summed E-state index contributed by atoms with van der Waals surface area (Å²) in [7, 11) is 2.05. The topological polar surface area (TPSA) is 88.8 Å². The highest BCUT2D eigenvalue weighted by molar-refractivity contribution is 6.35. The van der Waals surface area contributed by atoms with Crippen molar-refractivity contribution >= 4 is 51.5 Å². The molecular weight excluding hydrogens is 544 g/mol. The first-order chi connectivity index (χ1) is 18.6. The van der Waals surface area contributed by atoms with Crippen LogP contribution in [0.4, 0.5) is 10.1 Å². The molecule has 1 unspecified atom stereocenters. The minimum Gasteiger partial charge on any atom is -0.374 e. The largest absolute Gasteiger partial charge is 0.374 e. The first kappa shape index (κ1) is 26.1. The van der Waals surface area contributed by atoms with Crippen molar-refractivity contribution < 1.29 is 14.0 Å². The highest BCUT2D eigenvalue weighted by Gasteiger charge is 2.53. The van der Waals surface area contributed by atoms with Gasteiger partial charge in [0.05, 0.1) is 29.2 Å². The molecule has 0 saturated carbocycles. The Morgan fingerprint density at radius 2 is 1.92 bits per heavy atom. The Morgan fingerprint density at radius 1 is 1.15 bits per heavy atom. The van der Waals surface area contributed by atoms with Crippen LogP contribution in [-0.4, -0.2) is 76.8 Å². The Labute approximate surface area is 234 Å². The highest BCUT2D eigenvalue weighted by atomic mass is 35.5. The Morgan fingerprint density at radius 3 is 2.62 bits per heavy atom. The molecule has 2 aromatic carbocycles. The van der Waals surface area contributed by atoms with Crippen LogP contribution in [0.5, 0.6) is 0 Å². The van der Waals surface area contributed by atoms with Crippen LogP contribution in [0.3, 0.4) is 0 Å². The second-order valence-electron chi connectivity index (χ2n) is 10.8. The van der Waals surface area contributed by atoms with E-state index in [9.17, 15) is 18.8 Å². The molecule has 3 aromatic rings. The van der Waals surface area contributed by atoms with Crippen molar-refractivity contribution in [1.29, 1.82) is 0 Å². The second kappa shape index (κ2) is 9.50. The molecule has 2 saturated heterocycles. The highest BCUT2D eigenvalue weighted by Crippen LogP contribution is 2.39. The molecule has 0 bridgehead atoms. The van der Waals surface area contributed by atoms with Crippen LogP contribution in [0.15, 0.2) is 35.1 Å². The van der Waals surface area contributed by atoms with Crippen LogP contribution in [-0.2, 0) is 11.2 Å². The number of nitrogens with one attached hydrogen (secondary N) is 2. The van der Waals surface area contributed by atoms with Crippen LogP contribution >= 0.6 is 23.2 Å². The number of rotatable bonds is 4. The number of fused-ring (bicyclic) bond motifs is 2. The van der Waals surface area contributed by atoms with Crippen molar-refractivity contribution in [3.63, 3.8) is 0 Å². The van der Waals surface area contributed by atoms with E-state index in [4.69, 9.17) is 23.2 Å². The van der Waals surface area contributed by atoms with E-state index in [-0.39, 0.29) is 46.7 Å². The molecule has 0 radical (unpaired) electrons. The van der Waals surface area contributed by atoms with E-state index in [0.717, 1.165) is 30.2 Å². The van der Waals surface area contributed by atoms with E-state index in [1.165, 1.54) is 6.07 Å². The van der Waals surface area contributed by atoms with E-state index in [0.29, 0.717) is 41.5 Å². The summed E-state index contributed by atoms with van der Waals surface area (Å²) in [5.41, 5.74) is 1.65. The first-order valence-electron chi connectivity index (χ1n) is 12.9. The lowest BCUT2D eigenvalue weighted by Crippen LogP contribution is -2.76. The molecule has 0 aliphatic carbocycles. The van der Waals surface area contributed by atoms with Gasteiger partial charge in [0.1, 0.15) is 11.5 Å². The van der Waals surface area contributed by atoms with Crippen molar-refractivity contribution in [2.45, 2.75) is 31.3 Å². The molecule has 2 N–H and O–H groups in total. The molecule has 8 nitrogen and oxygen atoms in total. The first-order valence-corrected chi connectivity index (χ1v) is 13.7. The maximum absolute atomic E-state index is 14.9. The summed E-state index contributed by atoms with van der Waals surface area (Å²) in [4.78, 5) is 47.1. The van der Waals surface area contributed by atoms with E-state index in [1.807, 2.05) is 20.0 Å². The number of likely N-dealkylation sites (tertiary alicyclic amines) is 2. The third-order valence-corrected chi connectivity index (χ3v) is 9.11. The number of anilines is 1. The minimum absolute atomic E-state index is 0.0614. The normalized spacial score (nSPS) is 20.0. The third-order valence-electron chi connectivity index (χ3n) is 8.58. The van der Waals surface area contributed by atoms with Gasteiger partial charge >= 0.3 is 0 Å². The number of hydrogen-bond donors (Lipinski definition) is 2.